The number of aromatic nitrogens is 2. The van der Waals surface area contributed by atoms with Gasteiger partial charge in [-0.3, -0.25) is 0 Å². The second-order valence-corrected chi connectivity index (χ2v) is 6.34. The molecule has 1 aliphatic rings. The van der Waals surface area contributed by atoms with Crippen LogP contribution in [0.1, 0.15) is 22.3 Å². The zero-order chi connectivity index (χ0) is 18.8. The van der Waals surface area contributed by atoms with Gasteiger partial charge in [0.2, 0.25) is 6.10 Å². The quantitative estimate of drug-likeness (QED) is 0.666. The van der Waals surface area contributed by atoms with Crippen molar-refractivity contribution >= 4 is 11.9 Å². The molecular formula is C21H18N2O4. The average Bonchev–Trinajstić information content (AvgIpc) is 3.30. The van der Waals surface area contributed by atoms with E-state index in [0.717, 1.165) is 16.8 Å². The van der Waals surface area contributed by atoms with Crippen LogP contribution in [0.4, 0.5) is 0 Å². The van der Waals surface area contributed by atoms with Crippen LogP contribution in [-0.4, -0.2) is 34.4 Å². The van der Waals surface area contributed by atoms with Crippen LogP contribution in [0, 0.1) is 6.92 Å². The minimum atomic E-state index is -0.859. The first-order valence-electron chi connectivity index (χ1n) is 8.72. The van der Waals surface area contributed by atoms with Crippen LogP contribution in [0.3, 0.4) is 0 Å². The number of aryl methyl sites for hydroxylation is 1. The largest absolute Gasteiger partial charge is 0.463 e. The third-order valence-corrected chi connectivity index (χ3v) is 4.49. The molecule has 27 heavy (non-hydrogen) atoms. The molecular weight excluding hydrogens is 344 g/mol. The lowest BCUT2D eigenvalue weighted by Gasteiger charge is -2.09. The number of hydrogen-bond acceptors (Lipinski definition) is 5. The standard InChI is InChI=1S/C21H18N2O4/c1-14-7-5-6-10-16(14)19-17(20(24)27-18-11-12-26-21(18)25)13-23(22-19)15-8-3-2-4-9-15/h2-10,13,18H,11-12H2,1H3/t18-/m1/s1. The molecule has 0 aliphatic carbocycles. The summed E-state index contributed by atoms with van der Waals surface area (Å²) in [6, 6.07) is 17.2. The number of nitrogens with zero attached hydrogens (tertiary/aromatic N) is 2. The van der Waals surface area contributed by atoms with E-state index in [1.807, 2.05) is 61.5 Å². The van der Waals surface area contributed by atoms with Gasteiger partial charge in [-0.15, -0.1) is 0 Å². The predicted molar refractivity (Wildman–Crippen MR) is 98.5 cm³/mol. The highest BCUT2D eigenvalue weighted by molar-refractivity contribution is 5.97. The highest BCUT2D eigenvalue weighted by Gasteiger charge is 2.32. The van der Waals surface area contributed by atoms with Crippen molar-refractivity contribution in [3.05, 3.63) is 71.9 Å². The Morgan fingerprint density at radius 1 is 1.15 bits per heavy atom. The smallest absolute Gasteiger partial charge is 0.347 e. The Morgan fingerprint density at radius 2 is 1.89 bits per heavy atom. The second kappa shape index (κ2) is 7.07. The first-order valence-corrected chi connectivity index (χ1v) is 8.72. The topological polar surface area (TPSA) is 70.4 Å². The van der Waals surface area contributed by atoms with Crippen LogP contribution in [-0.2, 0) is 14.3 Å². The van der Waals surface area contributed by atoms with Gasteiger partial charge in [0, 0.05) is 18.2 Å². The molecule has 2 heterocycles. The minimum absolute atomic E-state index is 0.269. The Labute approximate surface area is 156 Å². The molecule has 0 saturated carbocycles. The number of ether oxygens (including phenoxy) is 2. The van der Waals surface area contributed by atoms with Crippen molar-refractivity contribution in [1.29, 1.82) is 0 Å². The van der Waals surface area contributed by atoms with Gasteiger partial charge in [-0.2, -0.15) is 5.10 Å². The number of carbonyl (C=O) groups is 2. The lowest BCUT2D eigenvalue weighted by molar-refractivity contribution is -0.145. The molecule has 0 bridgehead atoms. The Bertz CT molecular complexity index is 994. The van der Waals surface area contributed by atoms with E-state index in [0.29, 0.717) is 17.7 Å². The number of esters is 2. The van der Waals surface area contributed by atoms with Gasteiger partial charge in [0.1, 0.15) is 11.3 Å². The first-order chi connectivity index (χ1) is 13.1. The van der Waals surface area contributed by atoms with Crippen LogP contribution >= 0.6 is 0 Å². The van der Waals surface area contributed by atoms with E-state index in [1.54, 1.807) is 10.9 Å². The van der Waals surface area contributed by atoms with Crippen LogP contribution in [0.5, 0.6) is 0 Å². The van der Waals surface area contributed by atoms with Crippen molar-refractivity contribution in [2.24, 2.45) is 0 Å². The van der Waals surface area contributed by atoms with Gasteiger partial charge < -0.3 is 9.47 Å². The molecule has 1 saturated heterocycles. The Kier molecular flexibility index (Phi) is 4.46. The van der Waals surface area contributed by atoms with Crippen LogP contribution in [0.2, 0.25) is 0 Å². The normalized spacial score (nSPS) is 16.2. The van der Waals surface area contributed by atoms with Gasteiger partial charge >= 0.3 is 11.9 Å². The van der Waals surface area contributed by atoms with Crippen LogP contribution in [0.25, 0.3) is 16.9 Å². The summed E-state index contributed by atoms with van der Waals surface area (Å²) in [4.78, 5) is 24.5. The van der Waals surface area contributed by atoms with Crippen LogP contribution in [0.15, 0.2) is 60.8 Å². The summed E-state index contributed by atoms with van der Waals surface area (Å²) in [6.45, 7) is 2.23. The molecule has 1 aliphatic heterocycles. The van der Waals surface area contributed by atoms with E-state index >= 15 is 0 Å². The van der Waals surface area contributed by atoms with Crippen LogP contribution < -0.4 is 0 Å². The summed E-state index contributed by atoms with van der Waals surface area (Å²) >= 11 is 0. The number of benzene rings is 2. The van der Waals surface area contributed by atoms with Gasteiger partial charge in [-0.1, -0.05) is 42.5 Å². The molecule has 1 fully saturated rings. The summed E-state index contributed by atoms with van der Waals surface area (Å²) < 4.78 is 11.9. The Balaban J connectivity index is 1.76. The molecule has 2 aromatic carbocycles. The van der Waals surface area contributed by atoms with E-state index < -0.39 is 18.0 Å². The maximum atomic E-state index is 12.8. The summed E-state index contributed by atoms with van der Waals surface area (Å²) in [6.07, 6.45) is 1.15. The number of para-hydroxylation sites is 1. The fourth-order valence-corrected chi connectivity index (χ4v) is 3.05. The summed E-state index contributed by atoms with van der Waals surface area (Å²) in [5, 5.41) is 4.63. The Hall–Kier alpha value is -3.41. The minimum Gasteiger partial charge on any atom is -0.463 e. The number of hydrogen-bond donors (Lipinski definition) is 0. The van der Waals surface area contributed by atoms with Gasteiger partial charge in [0.25, 0.3) is 0 Å². The van der Waals surface area contributed by atoms with Crippen molar-refractivity contribution in [1.82, 2.24) is 9.78 Å². The molecule has 6 nitrogen and oxygen atoms in total. The predicted octanol–water partition coefficient (Wildman–Crippen LogP) is 3.32. The molecule has 0 radical (unpaired) electrons. The lowest BCUT2D eigenvalue weighted by Crippen LogP contribution is -2.22. The number of rotatable bonds is 4. The monoisotopic (exact) mass is 362 g/mol. The SMILES string of the molecule is Cc1ccccc1-c1nn(-c2ccccc2)cc1C(=O)O[C@@H]1CCOC1=O. The van der Waals surface area contributed by atoms with E-state index in [9.17, 15) is 9.59 Å². The molecule has 4 rings (SSSR count). The molecule has 1 atom stereocenters. The number of cyclic esters (lactones) is 1. The second-order valence-electron chi connectivity index (χ2n) is 6.34. The molecule has 0 unspecified atom stereocenters. The van der Waals surface area contributed by atoms with Crippen molar-refractivity contribution in [2.75, 3.05) is 6.61 Å². The maximum absolute atomic E-state index is 12.8. The molecule has 0 amide bonds. The molecule has 1 aromatic heterocycles. The average molecular weight is 362 g/mol. The summed E-state index contributed by atoms with van der Waals surface area (Å²) in [5.74, 6) is -1.09. The fraction of sp³-hybridized carbons (Fsp3) is 0.190. The van der Waals surface area contributed by atoms with Gasteiger partial charge in [-0.05, 0) is 24.6 Å². The third kappa shape index (κ3) is 3.33. The number of carbonyl (C=O) groups excluding carboxylic acids is 2. The van der Waals surface area contributed by atoms with Crippen molar-refractivity contribution < 1.29 is 19.1 Å². The molecule has 6 heteroatoms. The molecule has 3 aromatic rings. The maximum Gasteiger partial charge on any atom is 0.347 e. The first kappa shape index (κ1) is 17.0. The molecule has 136 valence electrons. The van der Waals surface area contributed by atoms with Gasteiger partial charge in [0.05, 0.1) is 12.3 Å². The van der Waals surface area contributed by atoms with Crippen molar-refractivity contribution in [3.63, 3.8) is 0 Å². The highest BCUT2D eigenvalue weighted by Crippen LogP contribution is 2.28. The lowest BCUT2D eigenvalue weighted by atomic mass is 10.0. The zero-order valence-electron chi connectivity index (χ0n) is 14.8. The van der Waals surface area contributed by atoms with Gasteiger partial charge in [-0.25, -0.2) is 14.3 Å². The summed E-state index contributed by atoms with van der Waals surface area (Å²) in [5.41, 5.74) is 3.49. The Morgan fingerprint density at radius 3 is 2.59 bits per heavy atom. The molecule has 0 spiro atoms. The van der Waals surface area contributed by atoms with E-state index in [2.05, 4.69) is 5.10 Å². The third-order valence-electron chi connectivity index (χ3n) is 4.49. The molecule has 0 N–H and O–H groups in total. The van der Waals surface area contributed by atoms with Crippen molar-refractivity contribution in [3.8, 4) is 16.9 Å². The fourth-order valence-electron chi connectivity index (χ4n) is 3.05. The van der Waals surface area contributed by atoms with E-state index in [4.69, 9.17) is 9.47 Å². The highest BCUT2D eigenvalue weighted by atomic mass is 16.6. The van der Waals surface area contributed by atoms with E-state index in [1.165, 1.54) is 0 Å². The zero-order valence-corrected chi connectivity index (χ0v) is 14.8. The van der Waals surface area contributed by atoms with E-state index in [-0.39, 0.29) is 6.61 Å². The van der Waals surface area contributed by atoms with Gasteiger partial charge in [0.15, 0.2) is 0 Å². The summed E-state index contributed by atoms with van der Waals surface area (Å²) in [7, 11) is 0. The van der Waals surface area contributed by atoms with Crippen molar-refractivity contribution in [2.45, 2.75) is 19.4 Å².